The molecular formula is C18H27NO4. The van der Waals surface area contributed by atoms with Gasteiger partial charge in [0, 0.05) is 19.0 Å². The predicted molar refractivity (Wildman–Crippen MR) is 89.2 cm³/mol. The molecule has 0 saturated carbocycles. The zero-order valence-corrected chi connectivity index (χ0v) is 14.5. The van der Waals surface area contributed by atoms with Crippen LogP contribution in [-0.4, -0.2) is 43.1 Å². The number of hydrogen-bond acceptors (Lipinski definition) is 4. The summed E-state index contributed by atoms with van der Waals surface area (Å²) >= 11 is 0. The van der Waals surface area contributed by atoms with Crippen molar-refractivity contribution in [2.45, 2.75) is 39.7 Å². The van der Waals surface area contributed by atoms with E-state index in [1.807, 2.05) is 44.2 Å². The van der Waals surface area contributed by atoms with Gasteiger partial charge in [-0.2, -0.15) is 0 Å². The van der Waals surface area contributed by atoms with Crippen molar-refractivity contribution < 1.29 is 19.1 Å². The highest BCUT2D eigenvalue weighted by molar-refractivity contribution is 5.78. The van der Waals surface area contributed by atoms with E-state index < -0.39 is 0 Å². The van der Waals surface area contributed by atoms with E-state index in [0.717, 1.165) is 5.75 Å². The minimum atomic E-state index is -0.327. The van der Waals surface area contributed by atoms with Crippen LogP contribution >= 0.6 is 0 Å². The van der Waals surface area contributed by atoms with Gasteiger partial charge >= 0.3 is 5.97 Å². The van der Waals surface area contributed by atoms with Crippen molar-refractivity contribution in [2.24, 2.45) is 5.92 Å². The van der Waals surface area contributed by atoms with E-state index in [0.29, 0.717) is 26.0 Å². The summed E-state index contributed by atoms with van der Waals surface area (Å²) in [5, 5.41) is 0. The molecule has 0 heterocycles. The Morgan fingerprint density at radius 2 is 1.78 bits per heavy atom. The molecule has 1 aromatic carbocycles. The summed E-state index contributed by atoms with van der Waals surface area (Å²) in [6.07, 6.45) is 1.04. The molecule has 0 N–H and O–H groups in total. The monoisotopic (exact) mass is 321 g/mol. The molecule has 1 atom stereocenters. The number of ether oxygens (including phenoxy) is 2. The molecule has 0 aliphatic carbocycles. The van der Waals surface area contributed by atoms with Crippen molar-refractivity contribution in [2.75, 3.05) is 20.3 Å². The molecule has 0 saturated heterocycles. The maximum Gasteiger partial charge on any atom is 0.310 e. The summed E-state index contributed by atoms with van der Waals surface area (Å²) in [4.78, 5) is 25.6. The van der Waals surface area contributed by atoms with Crippen LogP contribution in [0, 0.1) is 5.92 Å². The Bertz CT molecular complexity index is 487. The molecule has 1 aromatic rings. The Kier molecular flexibility index (Phi) is 8.16. The van der Waals surface area contributed by atoms with Crippen molar-refractivity contribution in [3.63, 3.8) is 0 Å². The van der Waals surface area contributed by atoms with Gasteiger partial charge in [-0.15, -0.1) is 0 Å². The summed E-state index contributed by atoms with van der Waals surface area (Å²) in [6.45, 7) is 6.54. The number of nitrogens with zero attached hydrogens (tertiary/aromatic N) is 1. The first-order valence-electron chi connectivity index (χ1n) is 8.00. The number of amides is 1. The zero-order valence-electron chi connectivity index (χ0n) is 14.5. The van der Waals surface area contributed by atoms with E-state index in [1.165, 1.54) is 7.11 Å². The Labute approximate surface area is 138 Å². The fourth-order valence-electron chi connectivity index (χ4n) is 2.25. The topological polar surface area (TPSA) is 55.8 Å². The minimum absolute atomic E-state index is 0.0346. The highest BCUT2D eigenvalue weighted by Crippen LogP contribution is 2.11. The first kappa shape index (κ1) is 19.0. The summed E-state index contributed by atoms with van der Waals surface area (Å²) in [6, 6.07) is 9.58. The Morgan fingerprint density at radius 3 is 2.35 bits per heavy atom. The van der Waals surface area contributed by atoms with Crippen LogP contribution in [0.2, 0.25) is 0 Å². The fourth-order valence-corrected chi connectivity index (χ4v) is 2.25. The van der Waals surface area contributed by atoms with Gasteiger partial charge in [0.1, 0.15) is 5.75 Å². The molecule has 0 aromatic heterocycles. The molecule has 1 unspecified atom stereocenters. The predicted octanol–water partition coefficient (Wildman–Crippen LogP) is 2.89. The number of hydrogen-bond donors (Lipinski definition) is 0. The summed E-state index contributed by atoms with van der Waals surface area (Å²) < 4.78 is 10.3. The number of methoxy groups -OCH3 is 1. The molecular weight excluding hydrogens is 294 g/mol. The molecule has 1 amide bonds. The highest BCUT2D eigenvalue weighted by Gasteiger charge is 2.23. The average molecular weight is 321 g/mol. The second-order valence-corrected chi connectivity index (χ2v) is 5.83. The molecule has 0 radical (unpaired) electrons. The number of para-hydroxylation sites is 1. The van der Waals surface area contributed by atoms with Crippen molar-refractivity contribution >= 4 is 11.9 Å². The molecule has 0 bridgehead atoms. The second kappa shape index (κ2) is 9.87. The number of esters is 1. The second-order valence-electron chi connectivity index (χ2n) is 5.83. The van der Waals surface area contributed by atoms with Gasteiger partial charge in [-0.3, -0.25) is 9.59 Å². The number of rotatable bonds is 9. The normalized spacial score (nSPS) is 11.9. The molecule has 0 aliphatic heterocycles. The molecule has 1 rings (SSSR count). The largest absolute Gasteiger partial charge is 0.494 e. The molecule has 0 aliphatic rings. The fraction of sp³-hybridized carbons (Fsp3) is 0.556. The van der Waals surface area contributed by atoms with Crippen LogP contribution in [-0.2, 0) is 14.3 Å². The van der Waals surface area contributed by atoms with E-state index in [2.05, 4.69) is 0 Å². The van der Waals surface area contributed by atoms with Gasteiger partial charge in [-0.1, -0.05) is 25.1 Å². The van der Waals surface area contributed by atoms with Crippen molar-refractivity contribution in [1.29, 1.82) is 0 Å². The lowest BCUT2D eigenvalue weighted by molar-refractivity contribution is -0.147. The van der Waals surface area contributed by atoms with E-state index in [-0.39, 0.29) is 23.8 Å². The Morgan fingerprint density at radius 1 is 1.13 bits per heavy atom. The molecule has 0 spiro atoms. The van der Waals surface area contributed by atoms with Crippen LogP contribution in [0.15, 0.2) is 30.3 Å². The smallest absolute Gasteiger partial charge is 0.310 e. The molecule has 23 heavy (non-hydrogen) atoms. The average Bonchev–Trinajstić information content (AvgIpc) is 2.55. The van der Waals surface area contributed by atoms with Gasteiger partial charge in [0.25, 0.3) is 0 Å². The molecule has 5 nitrogen and oxygen atoms in total. The quantitative estimate of drug-likeness (QED) is 0.518. The molecule has 0 fully saturated rings. The van der Waals surface area contributed by atoms with Crippen LogP contribution in [0.25, 0.3) is 0 Å². The Balaban J connectivity index is 2.41. The van der Waals surface area contributed by atoms with E-state index >= 15 is 0 Å². The third-order valence-corrected chi connectivity index (χ3v) is 3.56. The minimum Gasteiger partial charge on any atom is -0.494 e. The standard InChI is InChI=1S/C18H27NO4/c1-14(2)19(13-15(3)18(21)22-4)17(20)11-8-12-23-16-9-6-5-7-10-16/h5-7,9-10,14-15H,8,11-13H2,1-4H3. The van der Waals surface area contributed by atoms with Crippen LogP contribution in [0.5, 0.6) is 5.75 Å². The van der Waals surface area contributed by atoms with Crippen LogP contribution in [0.4, 0.5) is 0 Å². The van der Waals surface area contributed by atoms with E-state index in [1.54, 1.807) is 11.8 Å². The third kappa shape index (κ3) is 6.72. The number of benzene rings is 1. The molecule has 5 heteroatoms. The van der Waals surface area contributed by atoms with Crippen LogP contribution in [0.1, 0.15) is 33.6 Å². The van der Waals surface area contributed by atoms with Gasteiger partial charge in [0.2, 0.25) is 5.91 Å². The van der Waals surface area contributed by atoms with Gasteiger partial charge in [-0.25, -0.2) is 0 Å². The van der Waals surface area contributed by atoms with E-state index in [9.17, 15) is 9.59 Å². The summed E-state index contributed by atoms with van der Waals surface area (Å²) in [7, 11) is 1.36. The maximum absolute atomic E-state index is 12.4. The van der Waals surface area contributed by atoms with Crippen molar-refractivity contribution in [3.05, 3.63) is 30.3 Å². The zero-order chi connectivity index (χ0) is 17.2. The van der Waals surface area contributed by atoms with Crippen molar-refractivity contribution in [3.8, 4) is 5.75 Å². The first-order valence-corrected chi connectivity index (χ1v) is 8.00. The molecule has 128 valence electrons. The lowest BCUT2D eigenvalue weighted by Gasteiger charge is -2.29. The van der Waals surface area contributed by atoms with Crippen LogP contribution in [0.3, 0.4) is 0 Å². The Hall–Kier alpha value is -2.04. The van der Waals surface area contributed by atoms with E-state index in [4.69, 9.17) is 9.47 Å². The first-order chi connectivity index (χ1) is 11.0. The lowest BCUT2D eigenvalue weighted by Crippen LogP contribution is -2.41. The SMILES string of the molecule is COC(=O)C(C)CN(C(=O)CCCOc1ccccc1)C(C)C. The van der Waals surface area contributed by atoms with Crippen LogP contribution < -0.4 is 4.74 Å². The summed E-state index contributed by atoms with van der Waals surface area (Å²) in [5.41, 5.74) is 0. The number of carbonyl (C=O) groups is 2. The number of carbonyl (C=O) groups excluding carboxylic acids is 2. The van der Waals surface area contributed by atoms with Gasteiger partial charge in [0.15, 0.2) is 0 Å². The highest BCUT2D eigenvalue weighted by atomic mass is 16.5. The maximum atomic E-state index is 12.4. The lowest BCUT2D eigenvalue weighted by atomic mass is 10.1. The van der Waals surface area contributed by atoms with Gasteiger partial charge < -0.3 is 14.4 Å². The third-order valence-electron chi connectivity index (χ3n) is 3.56. The van der Waals surface area contributed by atoms with Gasteiger partial charge in [-0.05, 0) is 32.4 Å². The summed E-state index contributed by atoms with van der Waals surface area (Å²) in [5.74, 6) is 0.218. The van der Waals surface area contributed by atoms with Crippen molar-refractivity contribution in [1.82, 2.24) is 4.90 Å². The van der Waals surface area contributed by atoms with Gasteiger partial charge in [0.05, 0.1) is 19.6 Å².